The molecule has 1 saturated carbocycles. The van der Waals surface area contributed by atoms with Crippen LogP contribution < -0.4 is 10.6 Å². The van der Waals surface area contributed by atoms with Gasteiger partial charge in [-0.25, -0.2) is 0 Å². The van der Waals surface area contributed by atoms with Crippen LogP contribution in [-0.4, -0.2) is 42.5 Å². The van der Waals surface area contributed by atoms with Gasteiger partial charge in [-0.05, 0) is 46.3 Å². The van der Waals surface area contributed by atoms with Crippen molar-refractivity contribution in [1.82, 2.24) is 4.90 Å². The van der Waals surface area contributed by atoms with Crippen molar-refractivity contribution in [3.63, 3.8) is 0 Å². The predicted molar refractivity (Wildman–Crippen MR) is 86.0 cm³/mol. The number of anilines is 2. The molecule has 1 aromatic rings. The Morgan fingerprint density at radius 1 is 1.24 bits per heavy atom. The molecule has 0 amide bonds. The van der Waals surface area contributed by atoms with E-state index in [9.17, 15) is 10.1 Å². The second-order valence-electron chi connectivity index (χ2n) is 5.88. The maximum Gasteiger partial charge on any atom is 0.273 e. The molecule has 1 aliphatic carbocycles. The van der Waals surface area contributed by atoms with E-state index in [0.717, 1.165) is 24.5 Å². The van der Waals surface area contributed by atoms with E-state index in [1.54, 1.807) is 12.1 Å². The Kier molecular flexibility index (Phi) is 4.67. The summed E-state index contributed by atoms with van der Waals surface area (Å²) in [5.41, 5.74) is 1.88. The average molecular weight is 292 g/mol. The molecule has 0 unspecified atom stereocenters. The Balaban J connectivity index is 2.13. The first-order chi connectivity index (χ1) is 9.97. The van der Waals surface area contributed by atoms with Gasteiger partial charge in [-0.1, -0.05) is 0 Å². The minimum Gasteiger partial charge on any atom is -0.385 e. The molecule has 0 bridgehead atoms. The standard InChI is InChI=1S/C15H24N4O2/c1-4-16-12-8-13(10-14(9-12)19(20)21)17-11-15(18(2)3)6-5-7-15/h8-10,16-17H,4-7,11H2,1-3H3. The highest BCUT2D eigenvalue weighted by molar-refractivity contribution is 5.63. The van der Waals surface area contributed by atoms with Crippen LogP contribution in [0.4, 0.5) is 17.1 Å². The first-order valence-electron chi connectivity index (χ1n) is 7.41. The van der Waals surface area contributed by atoms with Gasteiger partial charge in [0.25, 0.3) is 5.69 Å². The van der Waals surface area contributed by atoms with E-state index in [1.165, 1.54) is 19.3 Å². The molecule has 0 atom stereocenters. The minimum absolute atomic E-state index is 0.114. The number of rotatable bonds is 7. The van der Waals surface area contributed by atoms with Gasteiger partial charge in [0.05, 0.1) is 4.92 Å². The van der Waals surface area contributed by atoms with E-state index in [2.05, 4.69) is 29.6 Å². The smallest absolute Gasteiger partial charge is 0.273 e. The molecule has 6 nitrogen and oxygen atoms in total. The van der Waals surface area contributed by atoms with E-state index in [4.69, 9.17) is 0 Å². The number of likely N-dealkylation sites (N-methyl/N-ethyl adjacent to an activating group) is 1. The van der Waals surface area contributed by atoms with Crippen molar-refractivity contribution in [1.29, 1.82) is 0 Å². The lowest BCUT2D eigenvalue weighted by molar-refractivity contribution is -0.384. The molecule has 2 N–H and O–H groups in total. The van der Waals surface area contributed by atoms with Crippen LogP contribution in [0.25, 0.3) is 0 Å². The van der Waals surface area contributed by atoms with Crippen LogP contribution in [0.5, 0.6) is 0 Å². The van der Waals surface area contributed by atoms with E-state index < -0.39 is 0 Å². The van der Waals surface area contributed by atoms with Gasteiger partial charge in [0.1, 0.15) is 0 Å². The topological polar surface area (TPSA) is 70.4 Å². The lowest BCUT2D eigenvalue weighted by Crippen LogP contribution is -2.54. The molecule has 0 heterocycles. The highest BCUT2D eigenvalue weighted by Gasteiger charge is 2.38. The van der Waals surface area contributed by atoms with Gasteiger partial charge in [-0.15, -0.1) is 0 Å². The fourth-order valence-corrected chi connectivity index (χ4v) is 2.76. The summed E-state index contributed by atoms with van der Waals surface area (Å²) in [7, 11) is 4.19. The zero-order chi connectivity index (χ0) is 15.5. The van der Waals surface area contributed by atoms with Crippen LogP contribution in [0.3, 0.4) is 0 Å². The van der Waals surface area contributed by atoms with Gasteiger partial charge in [0.2, 0.25) is 0 Å². The summed E-state index contributed by atoms with van der Waals surface area (Å²) in [5, 5.41) is 17.5. The zero-order valence-electron chi connectivity index (χ0n) is 13.0. The Morgan fingerprint density at radius 2 is 1.86 bits per heavy atom. The quantitative estimate of drug-likeness (QED) is 0.597. The van der Waals surface area contributed by atoms with Crippen molar-refractivity contribution in [2.45, 2.75) is 31.7 Å². The monoisotopic (exact) mass is 292 g/mol. The van der Waals surface area contributed by atoms with Crippen molar-refractivity contribution in [3.8, 4) is 0 Å². The number of hydrogen-bond acceptors (Lipinski definition) is 5. The average Bonchev–Trinajstić information content (AvgIpc) is 2.37. The first kappa shape index (κ1) is 15.6. The molecule has 0 spiro atoms. The summed E-state index contributed by atoms with van der Waals surface area (Å²) in [4.78, 5) is 12.9. The number of non-ortho nitro benzene ring substituents is 1. The second-order valence-corrected chi connectivity index (χ2v) is 5.88. The summed E-state index contributed by atoms with van der Waals surface area (Å²) in [5.74, 6) is 0. The fourth-order valence-electron chi connectivity index (χ4n) is 2.76. The molecule has 2 rings (SSSR count). The van der Waals surface area contributed by atoms with Crippen molar-refractivity contribution in [2.24, 2.45) is 0 Å². The Hall–Kier alpha value is -1.82. The molecule has 21 heavy (non-hydrogen) atoms. The molecular weight excluding hydrogens is 268 g/mol. The molecule has 0 aliphatic heterocycles. The van der Waals surface area contributed by atoms with Crippen LogP contribution >= 0.6 is 0 Å². The van der Waals surface area contributed by atoms with Gasteiger partial charge < -0.3 is 15.5 Å². The summed E-state index contributed by atoms with van der Waals surface area (Å²) in [6, 6.07) is 5.10. The fraction of sp³-hybridized carbons (Fsp3) is 0.600. The van der Waals surface area contributed by atoms with Crippen LogP contribution in [-0.2, 0) is 0 Å². The van der Waals surface area contributed by atoms with Crippen molar-refractivity contribution in [3.05, 3.63) is 28.3 Å². The molecule has 116 valence electrons. The van der Waals surface area contributed by atoms with Crippen molar-refractivity contribution >= 4 is 17.1 Å². The summed E-state index contributed by atoms with van der Waals surface area (Å²) >= 11 is 0. The number of nitro groups is 1. The SMILES string of the molecule is CCNc1cc(NCC2(N(C)C)CCC2)cc([N+](=O)[O-])c1. The number of nitrogens with one attached hydrogen (secondary N) is 2. The molecule has 0 radical (unpaired) electrons. The number of hydrogen-bond donors (Lipinski definition) is 2. The van der Waals surface area contributed by atoms with Crippen molar-refractivity contribution in [2.75, 3.05) is 37.8 Å². The molecule has 1 aromatic carbocycles. The Bertz CT molecular complexity index is 512. The largest absolute Gasteiger partial charge is 0.385 e. The predicted octanol–water partition coefficient (Wildman–Crippen LogP) is 2.92. The first-order valence-corrected chi connectivity index (χ1v) is 7.41. The summed E-state index contributed by atoms with van der Waals surface area (Å²) in [6.45, 7) is 3.52. The lowest BCUT2D eigenvalue weighted by atomic mass is 9.75. The third kappa shape index (κ3) is 3.44. The van der Waals surface area contributed by atoms with Crippen LogP contribution in [0.2, 0.25) is 0 Å². The zero-order valence-corrected chi connectivity index (χ0v) is 13.0. The summed E-state index contributed by atoms with van der Waals surface area (Å²) in [6.07, 6.45) is 3.58. The second kappa shape index (κ2) is 6.30. The van der Waals surface area contributed by atoms with Crippen LogP contribution in [0.1, 0.15) is 26.2 Å². The van der Waals surface area contributed by atoms with Gasteiger partial charge in [0, 0.05) is 42.1 Å². The molecule has 1 aliphatic rings. The molecule has 1 fully saturated rings. The number of nitro benzene ring substituents is 1. The van der Waals surface area contributed by atoms with Crippen LogP contribution in [0.15, 0.2) is 18.2 Å². The maximum atomic E-state index is 11.0. The Morgan fingerprint density at radius 3 is 2.29 bits per heavy atom. The van der Waals surface area contributed by atoms with Gasteiger partial charge in [-0.3, -0.25) is 10.1 Å². The molecule has 0 saturated heterocycles. The maximum absolute atomic E-state index is 11.0. The van der Waals surface area contributed by atoms with E-state index >= 15 is 0 Å². The van der Waals surface area contributed by atoms with Gasteiger partial charge in [0.15, 0.2) is 0 Å². The van der Waals surface area contributed by atoms with E-state index in [1.807, 2.05) is 13.0 Å². The van der Waals surface area contributed by atoms with E-state index in [-0.39, 0.29) is 16.1 Å². The van der Waals surface area contributed by atoms with Gasteiger partial charge >= 0.3 is 0 Å². The molecular formula is C15H24N4O2. The lowest BCUT2D eigenvalue weighted by Gasteiger charge is -2.47. The van der Waals surface area contributed by atoms with Crippen molar-refractivity contribution < 1.29 is 4.92 Å². The molecule has 0 aromatic heterocycles. The van der Waals surface area contributed by atoms with E-state index in [0.29, 0.717) is 0 Å². The third-order valence-electron chi connectivity index (χ3n) is 4.36. The number of benzene rings is 1. The summed E-state index contributed by atoms with van der Waals surface area (Å²) < 4.78 is 0. The molecule has 6 heteroatoms. The Labute approximate surface area is 125 Å². The van der Waals surface area contributed by atoms with Gasteiger partial charge in [-0.2, -0.15) is 0 Å². The minimum atomic E-state index is -0.350. The van der Waals surface area contributed by atoms with Crippen LogP contribution in [0, 0.1) is 10.1 Å². The highest BCUT2D eigenvalue weighted by atomic mass is 16.6. The third-order valence-corrected chi connectivity index (χ3v) is 4.36. The normalized spacial score (nSPS) is 16.4. The highest BCUT2D eigenvalue weighted by Crippen LogP contribution is 2.36. The number of nitrogens with zero attached hydrogens (tertiary/aromatic N) is 2.